The summed E-state index contributed by atoms with van der Waals surface area (Å²) in [5.41, 5.74) is 0.0193. The van der Waals surface area contributed by atoms with E-state index in [1.807, 2.05) is 19.1 Å². The molecule has 0 aromatic heterocycles. The van der Waals surface area contributed by atoms with Gasteiger partial charge in [0.1, 0.15) is 0 Å². The number of benzene rings is 1. The Hall–Kier alpha value is -0.970. The Morgan fingerprint density at radius 1 is 1.35 bits per heavy atom. The van der Waals surface area contributed by atoms with Crippen LogP contribution in [0.15, 0.2) is 34.8 Å². The quantitative estimate of drug-likeness (QED) is 0.619. The molecule has 0 aliphatic rings. The lowest BCUT2D eigenvalue weighted by atomic mass is 10.2. The van der Waals surface area contributed by atoms with Gasteiger partial charge in [-0.3, -0.25) is 0 Å². The van der Waals surface area contributed by atoms with E-state index in [4.69, 9.17) is 0 Å². The van der Waals surface area contributed by atoms with E-state index in [1.54, 1.807) is 0 Å². The highest BCUT2D eigenvalue weighted by molar-refractivity contribution is 9.10. The minimum absolute atomic E-state index is 0.424. The van der Waals surface area contributed by atoms with Crippen molar-refractivity contribution in [3.63, 3.8) is 0 Å². The Labute approximate surface area is 107 Å². The summed E-state index contributed by atoms with van der Waals surface area (Å²) in [6, 6.07) is 3.59. The van der Waals surface area contributed by atoms with Crippen LogP contribution in [0.5, 0.6) is 0 Å². The van der Waals surface area contributed by atoms with Crippen molar-refractivity contribution in [3.8, 4) is 0 Å². The van der Waals surface area contributed by atoms with Gasteiger partial charge in [-0.15, -0.1) is 0 Å². The first-order valence-corrected chi connectivity index (χ1v) is 5.96. The SMILES string of the molecule is C/C=C/CCNc1ccc(C(F)(F)F)cc1Br. The van der Waals surface area contributed by atoms with Gasteiger partial charge in [0.2, 0.25) is 0 Å². The van der Waals surface area contributed by atoms with Crippen LogP contribution in [0.3, 0.4) is 0 Å². The Bertz CT molecular complexity index is 399. The predicted octanol–water partition coefficient (Wildman–Crippen LogP) is 4.85. The second-order valence-electron chi connectivity index (χ2n) is 3.48. The van der Waals surface area contributed by atoms with Crippen molar-refractivity contribution >= 4 is 21.6 Å². The summed E-state index contributed by atoms with van der Waals surface area (Å²) in [6.45, 7) is 2.61. The molecule has 5 heteroatoms. The molecule has 1 rings (SSSR count). The zero-order valence-corrected chi connectivity index (χ0v) is 10.9. The standard InChI is InChI=1S/C12H13BrF3N/c1-2-3-4-7-17-11-6-5-9(8-10(11)13)12(14,15)16/h2-3,5-6,8,17H,4,7H2,1H3/b3-2+. The second kappa shape index (κ2) is 6.10. The highest BCUT2D eigenvalue weighted by Crippen LogP contribution is 2.33. The molecule has 17 heavy (non-hydrogen) atoms. The normalized spacial score (nSPS) is 12.1. The number of hydrogen-bond acceptors (Lipinski definition) is 1. The molecule has 0 atom stereocenters. The van der Waals surface area contributed by atoms with Crippen LogP contribution in [0.4, 0.5) is 18.9 Å². The van der Waals surface area contributed by atoms with Crippen LogP contribution in [0.25, 0.3) is 0 Å². The summed E-state index contributed by atoms with van der Waals surface area (Å²) in [5.74, 6) is 0. The zero-order valence-electron chi connectivity index (χ0n) is 9.31. The third-order valence-electron chi connectivity index (χ3n) is 2.16. The first-order chi connectivity index (χ1) is 7.95. The van der Waals surface area contributed by atoms with Crippen LogP contribution >= 0.6 is 15.9 Å². The average molecular weight is 308 g/mol. The number of anilines is 1. The summed E-state index contributed by atoms with van der Waals surface area (Å²) in [5, 5.41) is 3.06. The van der Waals surface area contributed by atoms with Gasteiger partial charge in [0.15, 0.2) is 0 Å². The summed E-state index contributed by atoms with van der Waals surface area (Å²) >= 11 is 3.13. The third-order valence-corrected chi connectivity index (χ3v) is 2.81. The van der Waals surface area contributed by atoms with Crippen molar-refractivity contribution in [2.45, 2.75) is 19.5 Å². The topological polar surface area (TPSA) is 12.0 Å². The van der Waals surface area contributed by atoms with Crippen molar-refractivity contribution in [2.24, 2.45) is 0 Å². The van der Waals surface area contributed by atoms with Gasteiger partial charge >= 0.3 is 6.18 Å². The fourth-order valence-corrected chi connectivity index (χ4v) is 1.81. The molecule has 0 saturated carbocycles. The van der Waals surface area contributed by atoms with Crippen molar-refractivity contribution in [1.29, 1.82) is 0 Å². The Kier molecular flexibility index (Phi) is 5.05. The van der Waals surface area contributed by atoms with Crippen LogP contribution in [0.2, 0.25) is 0 Å². The third kappa shape index (κ3) is 4.42. The minimum Gasteiger partial charge on any atom is -0.384 e. The smallest absolute Gasteiger partial charge is 0.384 e. The average Bonchev–Trinajstić information content (AvgIpc) is 2.24. The monoisotopic (exact) mass is 307 g/mol. The van der Waals surface area contributed by atoms with E-state index in [2.05, 4.69) is 21.2 Å². The molecule has 1 nitrogen and oxygen atoms in total. The van der Waals surface area contributed by atoms with Gasteiger partial charge in [-0.1, -0.05) is 12.2 Å². The molecule has 0 radical (unpaired) electrons. The Balaban J connectivity index is 2.70. The number of alkyl halides is 3. The van der Waals surface area contributed by atoms with E-state index in [0.29, 0.717) is 16.7 Å². The van der Waals surface area contributed by atoms with Gasteiger partial charge in [-0.2, -0.15) is 13.2 Å². The number of nitrogens with one attached hydrogen (secondary N) is 1. The summed E-state index contributed by atoms with van der Waals surface area (Å²) in [4.78, 5) is 0. The van der Waals surface area contributed by atoms with Gasteiger partial charge < -0.3 is 5.32 Å². The van der Waals surface area contributed by atoms with Gasteiger partial charge in [0, 0.05) is 16.7 Å². The van der Waals surface area contributed by atoms with Gasteiger partial charge in [-0.25, -0.2) is 0 Å². The lowest BCUT2D eigenvalue weighted by Gasteiger charge is -2.11. The van der Waals surface area contributed by atoms with Gasteiger partial charge in [-0.05, 0) is 47.5 Å². The van der Waals surface area contributed by atoms with Crippen LogP contribution in [-0.2, 0) is 6.18 Å². The van der Waals surface area contributed by atoms with E-state index in [-0.39, 0.29) is 0 Å². The molecular weight excluding hydrogens is 295 g/mol. The molecule has 94 valence electrons. The molecule has 0 saturated heterocycles. The van der Waals surface area contributed by atoms with Gasteiger partial charge in [0.25, 0.3) is 0 Å². The zero-order chi connectivity index (χ0) is 12.9. The highest BCUT2D eigenvalue weighted by Gasteiger charge is 2.30. The van der Waals surface area contributed by atoms with E-state index in [0.717, 1.165) is 18.6 Å². The summed E-state index contributed by atoms with van der Waals surface area (Å²) < 4.78 is 37.6. The first-order valence-electron chi connectivity index (χ1n) is 5.17. The molecule has 0 aliphatic heterocycles. The van der Waals surface area contributed by atoms with Crippen molar-refractivity contribution in [1.82, 2.24) is 0 Å². The minimum atomic E-state index is -4.30. The molecule has 0 aliphatic carbocycles. The molecular formula is C12H13BrF3N. The largest absolute Gasteiger partial charge is 0.416 e. The fraction of sp³-hybridized carbons (Fsp3) is 0.333. The van der Waals surface area contributed by atoms with E-state index in [9.17, 15) is 13.2 Å². The predicted molar refractivity (Wildman–Crippen MR) is 67.1 cm³/mol. The van der Waals surface area contributed by atoms with E-state index >= 15 is 0 Å². The first kappa shape index (κ1) is 14.1. The van der Waals surface area contributed by atoms with Crippen LogP contribution in [-0.4, -0.2) is 6.54 Å². The molecule has 0 heterocycles. The van der Waals surface area contributed by atoms with Crippen LogP contribution in [0.1, 0.15) is 18.9 Å². The molecule has 0 fully saturated rings. The maximum atomic E-state index is 12.4. The number of allylic oxidation sites excluding steroid dienone is 1. The summed E-state index contributed by atoms with van der Waals surface area (Å²) in [6.07, 6.45) is 0.463. The molecule has 1 aromatic carbocycles. The lowest BCUT2D eigenvalue weighted by molar-refractivity contribution is -0.137. The number of halogens is 4. The van der Waals surface area contributed by atoms with E-state index in [1.165, 1.54) is 6.07 Å². The van der Waals surface area contributed by atoms with Crippen LogP contribution in [0, 0.1) is 0 Å². The van der Waals surface area contributed by atoms with Crippen molar-refractivity contribution in [2.75, 3.05) is 11.9 Å². The van der Waals surface area contributed by atoms with Crippen molar-refractivity contribution < 1.29 is 13.2 Å². The van der Waals surface area contributed by atoms with Gasteiger partial charge in [0.05, 0.1) is 5.56 Å². The molecule has 0 spiro atoms. The Morgan fingerprint density at radius 2 is 2.06 bits per heavy atom. The fourth-order valence-electron chi connectivity index (χ4n) is 1.29. The maximum Gasteiger partial charge on any atom is 0.416 e. The highest BCUT2D eigenvalue weighted by atomic mass is 79.9. The van der Waals surface area contributed by atoms with Crippen molar-refractivity contribution in [3.05, 3.63) is 40.4 Å². The molecule has 0 unspecified atom stereocenters. The summed E-state index contributed by atoms with van der Waals surface area (Å²) in [7, 11) is 0. The van der Waals surface area contributed by atoms with E-state index < -0.39 is 11.7 Å². The van der Waals surface area contributed by atoms with Crippen LogP contribution < -0.4 is 5.32 Å². The number of rotatable bonds is 4. The lowest BCUT2D eigenvalue weighted by Crippen LogP contribution is -2.06. The molecule has 0 bridgehead atoms. The number of hydrogen-bond donors (Lipinski definition) is 1. The molecule has 1 aromatic rings. The molecule has 0 amide bonds. The Morgan fingerprint density at radius 3 is 2.59 bits per heavy atom. The molecule has 1 N–H and O–H groups in total. The maximum absolute atomic E-state index is 12.4. The second-order valence-corrected chi connectivity index (χ2v) is 4.33.